The maximum Gasteiger partial charge on any atom is 0.301 e. The summed E-state index contributed by atoms with van der Waals surface area (Å²) >= 11 is 0. The molecular formula is C7H9N3O4. The number of rotatable bonds is 2. The van der Waals surface area contributed by atoms with Gasteiger partial charge in [-0.3, -0.25) is 26.0 Å². The van der Waals surface area contributed by atoms with E-state index < -0.39 is 15.5 Å². The monoisotopic (exact) mass is 199 g/mol. The van der Waals surface area contributed by atoms with Crippen molar-refractivity contribution in [2.45, 2.75) is 19.0 Å². The standard InChI is InChI=1S/C7H9N3O4/c1-5-2-3-7(8,10(13)14)4-6(5)9(11)12/h2,4H,3,8H2,1H3. The molecule has 1 atom stereocenters. The topological polar surface area (TPSA) is 112 Å². The van der Waals surface area contributed by atoms with Gasteiger partial charge in [0.15, 0.2) is 0 Å². The third-order valence-corrected chi connectivity index (χ3v) is 2.06. The first kappa shape index (κ1) is 10.3. The number of nitrogens with two attached hydrogens (primary N) is 1. The summed E-state index contributed by atoms with van der Waals surface area (Å²) in [7, 11) is 0. The van der Waals surface area contributed by atoms with Crippen LogP contribution in [0.5, 0.6) is 0 Å². The van der Waals surface area contributed by atoms with Gasteiger partial charge in [-0.15, -0.1) is 0 Å². The summed E-state index contributed by atoms with van der Waals surface area (Å²) < 4.78 is 0. The molecule has 0 saturated carbocycles. The predicted octanol–water partition coefficient (Wildman–Crippen LogP) is 0.429. The van der Waals surface area contributed by atoms with Crippen LogP contribution in [0.2, 0.25) is 0 Å². The maximum atomic E-state index is 10.5. The van der Waals surface area contributed by atoms with E-state index >= 15 is 0 Å². The minimum Gasteiger partial charge on any atom is -0.262 e. The molecule has 0 spiro atoms. The molecule has 1 aliphatic rings. The smallest absolute Gasteiger partial charge is 0.262 e. The van der Waals surface area contributed by atoms with Crippen LogP contribution in [0.15, 0.2) is 23.4 Å². The molecule has 0 fully saturated rings. The van der Waals surface area contributed by atoms with Crippen LogP contribution in [0.4, 0.5) is 0 Å². The van der Waals surface area contributed by atoms with Gasteiger partial charge in [0.1, 0.15) is 0 Å². The van der Waals surface area contributed by atoms with E-state index in [-0.39, 0.29) is 12.1 Å². The molecule has 1 rings (SSSR count). The minimum atomic E-state index is -1.85. The fourth-order valence-electron chi connectivity index (χ4n) is 1.15. The van der Waals surface area contributed by atoms with Crippen LogP contribution >= 0.6 is 0 Å². The van der Waals surface area contributed by atoms with Gasteiger partial charge in [0.05, 0.1) is 17.4 Å². The maximum absolute atomic E-state index is 10.5. The van der Waals surface area contributed by atoms with Gasteiger partial charge in [-0.1, -0.05) is 6.08 Å². The van der Waals surface area contributed by atoms with Gasteiger partial charge in [-0.25, -0.2) is 0 Å². The van der Waals surface area contributed by atoms with Crippen LogP contribution in [0.3, 0.4) is 0 Å². The summed E-state index contributed by atoms with van der Waals surface area (Å²) in [5.41, 5.74) is 3.63. The Labute approximate surface area is 79.2 Å². The molecule has 1 unspecified atom stereocenters. The van der Waals surface area contributed by atoms with E-state index in [1.54, 1.807) is 0 Å². The van der Waals surface area contributed by atoms with Gasteiger partial charge in [0, 0.05) is 10.5 Å². The lowest BCUT2D eigenvalue weighted by atomic mass is 9.96. The van der Waals surface area contributed by atoms with Crippen LogP contribution in [0.1, 0.15) is 13.3 Å². The molecule has 0 aromatic heterocycles. The molecule has 0 radical (unpaired) electrons. The highest BCUT2D eigenvalue weighted by Crippen LogP contribution is 2.24. The number of hydrogen-bond donors (Lipinski definition) is 1. The summed E-state index contributed by atoms with van der Waals surface area (Å²) in [5.74, 6) is 0. The Morgan fingerprint density at radius 1 is 1.50 bits per heavy atom. The number of nitrogens with zero attached hydrogens (tertiary/aromatic N) is 2. The SMILES string of the molecule is CC1=CCC(N)([N+](=O)[O-])C=C1[N+](=O)[O-]. The third kappa shape index (κ3) is 1.62. The molecule has 0 aliphatic heterocycles. The molecule has 0 saturated heterocycles. The van der Waals surface area contributed by atoms with Gasteiger partial charge in [-0.05, 0) is 6.92 Å². The first-order valence-electron chi connectivity index (χ1n) is 3.84. The van der Waals surface area contributed by atoms with Crippen molar-refractivity contribution < 1.29 is 9.85 Å². The van der Waals surface area contributed by atoms with E-state index in [1.165, 1.54) is 13.0 Å². The summed E-state index contributed by atoms with van der Waals surface area (Å²) in [6.07, 6.45) is 2.27. The third-order valence-electron chi connectivity index (χ3n) is 2.06. The van der Waals surface area contributed by atoms with Gasteiger partial charge in [0.25, 0.3) is 5.70 Å². The van der Waals surface area contributed by atoms with Crippen LogP contribution in [-0.4, -0.2) is 15.5 Å². The first-order valence-corrected chi connectivity index (χ1v) is 3.84. The van der Waals surface area contributed by atoms with Crippen molar-refractivity contribution in [1.29, 1.82) is 0 Å². The van der Waals surface area contributed by atoms with Gasteiger partial charge < -0.3 is 0 Å². The van der Waals surface area contributed by atoms with Crippen molar-refractivity contribution >= 4 is 0 Å². The highest BCUT2D eigenvalue weighted by Gasteiger charge is 2.41. The largest absolute Gasteiger partial charge is 0.301 e. The number of nitro groups is 2. The zero-order valence-electron chi connectivity index (χ0n) is 7.47. The van der Waals surface area contributed by atoms with Crippen molar-refractivity contribution in [3.8, 4) is 0 Å². The van der Waals surface area contributed by atoms with Crippen molar-refractivity contribution in [2.75, 3.05) is 0 Å². The van der Waals surface area contributed by atoms with Crippen LogP contribution < -0.4 is 5.73 Å². The lowest BCUT2D eigenvalue weighted by Crippen LogP contribution is -2.47. The second-order valence-corrected chi connectivity index (χ2v) is 3.13. The number of hydrogen-bond acceptors (Lipinski definition) is 5. The van der Waals surface area contributed by atoms with Gasteiger partial charge in [-0.2, -0.15) is 0 Å². The van der Waals surface area contributed by atoms with E-state index in [0.717, 1.165) is 6.08 Å². The Hall–Kier alpha value is -1.76. The summed E-state index contributed by atoms with van der Waals surface area (Å²) in [6.45, 7) is 1.52. The highest BCUT2D eigenvalue weighted by atomic mass is 16.6. The second-order valence-electron chi connectivity index (χ2n) is 3.13. The normalized spacial score (nSPS) is 26.4. The van der Waals surface area contributed by atoms with Gasteiger partial charge in [0.2, 0.25) is 0 Å². The Kier molecular flexibility index (Phi) is 2.35. The lowest BCUT2D eigenvalue weighted by Gasteiger charge is -2.18. The molecule has 0 heterocycles. The molecule has 7 heteroatoms. The molecule has 76 valence electrons. The van der Waals surface area contributed by atoms with Crippen molar-refractivity contribution in [3.05, 3.63) is 43.7 Å². The molecule has 7 nitrogen and oxygen atoms in total. The molecule has 2 N–H and O–H groups in total. The Bertz CT molecular complexity index is 360. The highest BCUT2D eigenvalue weighted by molar-refractivity contribution is 5.30. The van der Waals surface area contributed by atoms with Crippen LogP contribution in [0, 0.1) is 20.2 Å². The van der Waals surface area contributed by atoms with E-state index in [2.05, 4.69) is 0 Å². The lowest BCUT2D eigenvalue weighted by molar-refractivity contribution is -0.555. The fourth-order valence-corrected chi connectivity index (χ4v) is 1.15. The van der Waals surface area contributed by atoms with Crippen molar-refractivity contribution in [1.82, 2.24) is 0 Å². The number of allylic oxidation sites excluding steroid dienone is 1. The second kappa shape index (κ2) is 3.18. The van der Waals surface area contributed by atoms with E-state index in [1.807, 2.05) is 0 Å². The Morgan fingerprint density at radius 3 is 2.50 bits per heavy atom. The van der Waals surface area contributed by atoms with Crippen LogP contribution in [0.25, 0.3) is 0 Å². The van der Waals surface area contributed by atoms with Crippen LogP contribution in [-0.2, 0) is 0 Å². The molecule has 0 aromatic rings. The zero-order valence-corrected chi connectivity index (χ0v) is 7.47. The average molecular weight is 199 g/mol. The first-order chi connectivity index (χ1) is 6.37. The molecule has 0 bridgehead atoms. The van der Waals surface area contributed by atoms with E-state index in [9.17, 15) is 20.2 Å². The fraction of sp³-hybridized carbons (Fsp3) is 0.429. The zero-order chi connectivity index (χ0) is 10.9. The average Bonchev–Trinajstić information content (AvgIpc) is 2.09. The van der Waals surface area contributed by atoms with Crippen molar-refractivity contribution in [3.63, 3.8) is 0 Å². The van der Waals surface area contributed by atoms with Crippen molar-refractivity contribution in [2.24, 2.45) is 5.73 Å². The molecule has 14 heavy (non-hydrogen) atoms. The Balaban J connectivity index is 3.13. The van der Waals surface area contributed by atoms with E-state index in [0.29, 0.717) is 5.57 Å². The summed E-state index contributed by atoms with van der Waals surface area (Å²) in [5, 5.41) is 21.0. The minimum absolute atomic E-state index is 0.0246. The molecule has 0 amide bonds. The quantitative estimate of drug-likeness (QED) is 0.393. The Morgan fingerprint density at radius 2 is 2.07 bits per heavy atom. The molecule has 1 aliphatic carbocycles. The summed E-state index contributed by atoms with van der Waals surface area (Å²) in [4.78, 5) is 19.6. The summed E-state index contributed by atoms with van der Waals surface area (Å²) in [6, 6.07) is 0. The van der Waals surface area contributed by atoms with Gasteiger partial charge >= 0.3 is 5.66 Å². The van der Waals surface area contributed by atoms with E-state index in [4.69, 9.17) is 5.73 Å². The predicted molar refractivity (Wildman–Crippen MR) is 47.4 cm³/mol. The molecular weight excluding hydrogens is 190 g/mol. The molecule has 0 aromatic carbocycles.